The molecule has 21 heavy (non-hydrogen) atoms. The molecule has 4 nitrogen and oxygen atoms in total. The Balaban J connectivity index is 1.85. The van der Waals surface area contributed by atoms with Crippen LogP contribution in [0, 0.1) is 13.8 Å². The van der Waals surface area contributed by atoms with E-state index in [-0.39, 0.29) is 0 Å². The van der Waals surface area contributed by atoms with E-state index in [9.17, 15) is 0 Å². The summed E-state index contributed by atoms with van der Waals surface area (Å²) in [4.78, 5) is 4.61. The van der Waals surface area contributed by atoms with E-state index in [0.717, 1.165) is 41.6 Å². The summed E-state index contributed by atoms with van der Waals surface area (Å²) < 4.78 is 6.63. The Morgan fingerprint density at radius 1 is 1.14 bits per heavy atom. The fourth-order valence-electron chi connectivity index (χ4n) is 2.96. The van der Waals surface area contributed by atoms with Crippen molar-refractivity contribution in [1.82, 2.24) is 10.1 Å². The number of aromatic nitrogens is 2. The average molecular weight is 350 g/mol. The third-order valence-corrected chi connectivity index (χ3v) is 5.51. The van der Waals surface area contributed by atoms with Crippen molar-refractivity contribution >= 4 is 15.9 Å². The minimum Gasteiger partial charge on any atom is -0.339 e. The number of hydrogen-bond donors (Lipinski definition) is 1. The van der Waals surface area contributed by atoms with Crippen molar-refractivity contribution in [2.75, 3.05) is 0 Å². The number of aryl methyl sites for hydroxylation is 2. The van der Waals surface area contributed by atoms with Gasteiger partial charge in [-0.05, 0) is 62.8 Å². The van der Waals surface area contributed by atoms with E-state index in [1.807, 2.05) is 0 Å². The number of halogens is 1. The first kappa shape index (κ1) is 14.7. The van der Waals surface area contributed by atoms with Gasteiger partial charge in [0.05, 0.1) is 0 Å². The van der Waals surface area contributed by atoms with Gasteiger partial charge in [0.1, 0.15) is 0 Å². The minimum absolute atomic E-state index is 0.334. The normalized spacial score (nSPS) is 22.5. The molecule has 5 heteroatoms. The number of benzene rings is 1. The summed E-state index contributed by atoms with van der Waals surface area (Å²) in [5.41, 5.74) is 9.32. The Labute approximate surface area is 133 Å². The summed E-state index contributed by atoms with van der Waals surface area (Å²) in [6.07, 6.45) is 4.17. The van der Waals surface area contributed by atoms with Crippen LogP contribution in [0.3, 0.4) is 0 Å². The SMILES string of the molecule is Cc1cc(-c2noc(C3CCC(N)CC3)n2)cc(C)c1Br. The maximum Gasteiger partial charge on any atom is 0.230 e. The Morgan fingerprint density at radius 3 is 2.38 bits per heavy atom. The fraction of sp³-hybridized carbons (Fsp3) is 0.500. The Bertz CT molecular complexity index is 622. The van der Waals surface area contributed by atoms with E-state index >= 15 is 0 Å². The minimum atomic E-state index is 0.334. The molecule has 0 aliphatic heterocycles. The molecule has 1 fully saturated rings. The summed E-state index contributed by atoms with van der Waals surface area (Å²) in [6.45, 7) is 4.15. The fourth-order valence-corrected chi connectivity index (χ4v) is 3.19. The van der Waals surface area contributed by atoms with Crippen molar-refractivity contribution < 1.29 is 4.52 Å². The van der Waals surface area contributed by atoms with Crippen LogP contribution < -0.4 is 5.73 Å². The van der Waals surface area contributed by atoms with Crippen LogP contribution in [0.15, 0.2) is 21.1 Å². The smallest absolute Gasteiger partial charge is 0.230 e. The summed E-state index contributed by atoms with van der Waals surface area (Å²) in [5.74, 6) is 1.80. The van der Waals surface area contributed by atoms with Gasteiger partial charge in [0.15, 0.2) is 0 Å². The molecule has 2 aromatic rings. The maximum atomic E-state index is 5.95. The first-order valence-electron chi connectivity index (χ1n) is 7.41. The summed E-state index contributed by atoms with van der Waals surface area (Å²) >= 11 is 3.58. The van der Waals surface area contributed by atoms with Gasteiger partial charge in [-0.3, -0.25) is 0 Å². The van der Waals surface area contributed by atoms with Crippen molar-refractivity contribution in [2.24, 2.45) is 5.73 Å². The van der Waals surface area contributed by atoms with Gasteiger partial charge in [-0.1, -0.05) is 21.1 Å². The highest BCUT2D eigenvalue weighted by Crippen LogP contribution is 2.33. The molecule has 1 saturated carbocycles. The summed E-state index contributed by atoms with van der Waals surface area (Å²) in [7, 11) is 0. The number of rotatable bonds is 2. The van der Waals surface area contributed by atoms with Crippen molar-refractivity contribution in [3.63, 3.8) is 0 Å². The highest BCUT2D eigenvalue weighted by Gasteiger charge is 2.25. The molecule has 0 saturated heterocycles. The number of hydrogen-bond acceptors (Lipinski definition) is 4. The van der Waals surface area contributed by atoms with Crippen molar-refractivity contribution in [3.8, 4) is 11.4 Å². The standard InChI is InChI=1S/C16H20BrN3O/c1-9-7-12(8-10(2)14(9)17)15-19-16(21-20-15)11-3-5-13(18)6-4-11/h7-8,11,13H,3-6,18H2,1-2H3. The van der Waals surface area contributed by atoms with Crippen LogP contribution in [0.25, 0.3) is 11.4 Å². The highest BCUT2D eigenvalue weighted by atomic mass is 79.9. The molecule has 0 unspecified atom stereocenters. The van der Waals surface area contributed by atoms with Crippen LogP contribution in [-0.4, -0.2) is 16.2 Å². The van der Waals surface area contributed by atoms with Gasteiger partial charge in [0.25, 0.3) is 0 Å². The third-order valence-electron chi connectivity index (χ3n) is 4.26. The molecule has 0 amide bonds. The monoisotopic (exact) mass is 349 g/mol. The van der Waals surface area contributed by atoms with Crippen LogP contribution >= 0.6 is 15.9 Å². The van der Waals surface area contributed by atoms with Crippen LogP contribution in [0.4, 0.5) is 0 Å². The van der Waals surface area contributed by atoms with E-state index < -0.39 is 0 Å². The van der Waals surface area contributed by atoms with Gasteiger partial charge in [0.2, 0.25) is 11.7 Å². The van der Waals surface area contributed by atoms with E-state index in [4.69, 9.17) is 10.3 Å². The van der Waals surface area contributed by atoms with Crippen LogP contribution in [0.1, 0.15) is 48.6 Å². The lowest BCUT2D eigenvalue weighted by atomic mass is 9.86. The Hall–Kier alpha value is -1.20. The third kappa shape index (κ3) is 3.04. The van der Waals surface area contributed by atoms with E-state index in [1.165, 1.54) is 11.1 Å². The van der Waals surface area contributed by atoms with Gasteiger partial charge in [-0.2, -0.15) is 4.98 Å². The average Bonchev–Trinajstić information content (AvgIpc) is 2.95. The molecule has 1 heterocycles. The molecule has 0 spiro atoms. The number of nitrogens with two attached hydrogens (primary N) is 1. The lowest BCUT2D eigenvalue weighted by Crippen LogP contribution is -2.25. The second-order valence-corrected chi connectivity index (χ2v) is 6.78. The lowest BCUT2D eigenvalue weighted by Gasteiger charge is -2.22. The van der Waals surface area contributed by atoms with Crippen molar-refractivity contribution in [2.45, 2.75) is 51.5 Å². The summed E-state index contributed by atoms with van der Waals surface area (Å²) in [6, 6.07) is 4.51. The van der Waals surface area contributed by atoms with Crippen LogP contribution in [-0.2, 0) is 0 Å². The zero-order valence-electron chi connectivity index (χ0n) is 12.4. The Morgan fingerprint density at radius 2 is 1.76 bits per heavy atom. The van der Waals surface area contributed by atoms with Gasteiger partial charge in [-0.25, -0.2) is 0 Å². The predicted molar refractivity (Wildman–Crippen MR) is 86.1 cm³/mol. The topological polar surface area (TPSA) is 64.9 Å². The highest BCUT2D eigenvalue weighted by molar-refractivity contribution is 9.10. The summed E-state index contributed by atoms with van der Waals surface area (Å²) in [5, 5.41) is 4.16. The van der Waals surface area contributed by atoms with Crippen LogP contribution in [0.2, 0.25) is 0 Å². The first-order valence-corrected chi connectivity index (χ1v) is 8.20. The van der Waals surface area contributed by atoms with Gasteiger partial charge in [-0.15, -0.1) is 0 Å². The molecule has 112 valence electrons. The zero-order chi connectivity index (χ0) is 15.0. The molecule has 3 rings (SSSR count). The molecule has 0 radical (unpaired) electrons. The van der Waals surface area contributed by atoms with Crippen molar-refractivity contribution in [1.29, 1.82) is 0 Å². The van der Waals surface area contributed by atoms with E-state index in [0.29, 0.717) is 17.8 Å². The van der Waals surface area contributed by atoms with Gasteiger partial charge >= 0.3 is 0 Å². The molecule has 1 aliphatic rings. The van der Waals surface area contributed by atoms with Crippen molar-refractivity contribution in [3.05, 3.63) is 33.6 Å². The number of nitrogens with zero attached hydrogens (tertiary/aromatic N) is 2. The van der Waals surface area contributed by atoms with Crippen LogP contribution in [0.5, 0.6) is 0 Å². The zero-order valence-corrected chi connectivity index (χ0v) is 14.0. The quantitative estimate of drug-likeness (QED) is 0.886. The molecule has 1 aromatic heterocycles. The van der Waals surface area contributed by atoms with Gasteiger partial charge < -0.3 is 10.3 Å². The molecular formula is C16H20BrN3O. The maximum absolute atomic E-state index is 5.95. The lowest BCUT2D eigenvalue weighted by molar-refractivity contribution is 0.301. The second-order valence-electron chi connectivity index (χ2n) is 5.99. The molecule has 1 aliphatic carbocycles. The second kappa shape index (κ2) is 5.89. The predicted octanol–water partition coefficient (Wildman–Crippen LogP) is 4.10. The molecule has 2 N–H and O–H groups in total. The first-order chi connectivity index (χ1) is 10.0. The molecule has 1 aromatic carbocycles. The molecule has 0 atom stereocenters. The van der Waals surface area contributed by atoms with E-state index in [2.05, 4.69) is 52.1 Å². The Kier molecular flexibility index (Phi) is 4.13. The molecule has 0 bridgehead atoms. The largest absolute Gasteiger partial charge is 0.339 e. The van der Waals surface area contributed by atoms with Gasteiger partial charge in [0, 0.05) is 22.0 Å². The van der Waals surface area contributed by atoms with E-state index in [1.54, 1.807) is 0 Å². The molecular weight excluding hydrogens is 330 g/mol.